The molecule has 0 unspecified atom stereocenters. The third-order valence-electron chi connectivity index (χ3n) is 4.99. The first kappa shape index (κ1) is 18.1. The fraction of sp³-hybridized carbons (Fsp3) is 0.875. The van der Waals surface area contributed by atoms with Crippen molar-refractivity contribution >= 4 is 8.32 Å². The molecule has 0 aromatic heterocycles. The van der Waals surface area contributed by atoms with Crippen LogP contribution in [0.25, 0.3) is 10.4 Å². The lowest BCUT2D eigenvalue weighted by molar-refractivity contribution is 0.313. The standard InChI is InChI=1S/C16H31N3OSi/c1-11(2)21(12(3)4,13(5)6)20-15-9-8-14(7)16(10-15)18-19-17/h10-14,16H,8-9H2,1-7H3/t14-,16-/m0/s1. The lowest BCUT2D eigenvalue weighted by atomic mass is 9.91. The van der Waals surface area contributed by atoms with Crippen LogP contribution in [0.2, 0.25) is 16.6 Å². The summed E-state index contributed by atoms with van der Waals surface area (Å²) in [5, 5.41) is 3.92. The minimum absolute atomic E-state index is 0.0584. The fourth-order valence-electron chi connectivity index (χ4n) is 3.85. The summed E-state index contributed by atoms with van der Waals surface area (Å²) in [6.45, 7) is 15.9. The molecule has 2 atom stereocenters. The number of allylic oxidation sites excluding steroid dienone is 1. The maximum atomic E-state index is 8.72. The fourth-order valence-corrected chi connectivity index (χ4v) is 9.18. The number of hydrogen-bond acceptors (Lipinski definition) is 2. The van der Waals surface area contributed by atoms with E-state index in [1.807, 2.05) is 0 Å². The molecule has 0 heterocycles. The first-order valence-electron chi connectivity index (χ1n) is 8.19. The van der Waals surface area contributed by atoms with Gasteiger partial charge in [0, 0.05) is 11.3 Å². The van der Waals surface area contributed by atoms with E-state index in [-0.39, 0.29) is 6.04 Å². The van der Waals surface area contributed by atoms with Gasteiger partial charge in [-0.1, -0.05) is 53.6 Å². The smallest absolute Gasteiger partial charge is 0.258 e. The molecule has 0 bridgehead atoms. The van der Waals surface area contributed by atoms with E-state index in [2.05, 4.69) is 64.6 Å². The van der Waals surface area contributed by atoms with Crippen LogP contribution in [0.1, 0.15) is 61.3 Å². The summed E-state index contributed by atoms with van der Waals surface area (Å²) in [7, 11) is -1.89. The summed E-state index contributed by atoms with van der Waals surface area (Å²) in [6, 6.07) is -0.0584. The molecule has 0 amide bonds. The maximum Gasteiger partial charge on any atom is 0.258 e. The summed E-state index contributed by atoms with van der Waals surface area (Å²) in [4.78, 5) is 2.98. The summed E-state index contributed by atoms with van der Waals surface area (Å²) in [5.41, 5.74) is 10.4. The van der Waals surface area contributed by atoms with Crippen molar-refractivity contribution < 1.29 is 4.43 Å². The Morgan fingerprint density at radius 1 is 1.19 bits per heavy atom. The summed E-state index contributed by atoms with van der Waals surface area (Å²) in [6.07, 6.45) is 4.08. The van der Waals surface area contributed by atoms with Crippen molar-refractivity contribution in [3.8, 4) is 0 Å². The van der Waals surface area contributed by atoms with Gasteiger partial charge in [-0.3, -0.25) is 0 Å². The normalized spacial score (nSPS) is 23.2. The Morgan fingerprint density at radius 2 is 1.71 bits per heavy atom. The van der Waals surface area contributed by atoms with Crippen LogP contribution in [0.4, 0.5) is 0 Å². The first-order valence-corrected chi connectivity index (χ1v) is 10.3. The Balaban J connectivity index is 3.09. The van der Waals surface area contributed by atoms with Gasteiger partial charge >= 0.3 is 0 Å². The molecule has 0 saturated carbocycles. The second-order valence-corrected chi connectivity index (χ2v) is 12.6. The summed E-state index contributed by atoms with van der Waals surface area (Å²) < 4.78 is 6.70. The summed E-state index contributed by atoms with van der Waals surface area (Å²) in [5.74, 6) is 1.47. The number of hydrogen-bond donors (Lipinski definition) is 0. The highest BCUT2D eigenvalue weighted by Gasteiger charge is 2.47. The highest BCUT2D eigenvalue weighted by molar-refractivity contribution is 6.77. The molecule has 120 valence electrons. The van der Waals surface area contributed by atoms with Crippen molar-refractivity contribution in [2.24, 2.45) is 11.0 Å². The van der Waals surface area contributed by atoms with Gasteiger partial charge in [0.05, 0.1) is 11.8 Å². The molecule has 0 fully saturated rings. The molecule has 1 aliphatic carbocycles. The number of azide groups is 1. The Labute approximate surface area is 130 Å². The molecule has 0 aromatic carbocycles. The molecular weight excluding hydrogens is 278 g/mol. The molecule has 0 saturated heterocycles. The van der Waals surface area contributed by atoms with Crippen LogP contribution >= 0.6 is 0 Å². The van der Waals surface area contributed by atoms with Gasteiger partial charge in [0.15, 0.2) is 0 Å². The molecule has 0 spiro atoms. The van der Waals surface area contributed by atoms with Crippen molar-refractivity contribution in [1.29, 1.82) is 0 Å². The molecule has 4 nitrogen and oxygen atoms in total. The number of nitrogens with zero attached hydrogens (tertiary/aromatic N) is 3. The second-order valence-electron chi connectivity index (χ2n) is 7.26. The maximum absolute atomic E-state index is 8.72. The van der Waals surface area contributed by atoms with E-state index in [1.54, 1.807) is 0 Å². The lowest BCUT2D eigenvalue weighted by Gasteiger charge is -2.44. The van der Waals surface area contributed by atoms with Crippen LogP contribution in [0.15, 0.2) is 16.9 Å². The molecule has 0 radical (unpaired) electrons. The zero-order valence-electron chi connectivity index (χ0n) is 14.6. The summed E-state index contributed by atoms with van der Waals surface area (Å²) >= 11 is 0. The average Bonchev–Trinajstić information content (AvgIpc) is 2.38. The van der Waals surface area contributed by atoms with Crippen molar-refractivity contribution in [2.75, 3.05) is 0 Å². The highest BCUT2D eigenvalue weighted by atomic mass is 28.4. The molecule has 5 heteroatoms. The molecule has 21 heavy (non-hydrogen) atoms. The molecule has 0 aromatic rings. The van der Waals surface area contributed by atoms with Crippen LogP contribution in [0.3, 0.4) is 0 Å². The highest BCUT2D eigenvalue weighted by Crippen LogP contribution is 2.44. The van der Waals surface area contributed by atoms with Gasteiger partial charge in [0.25, 0.3) is 8.32 Å². The molecule has 1 rings (SSSR count). The number of rotatable bonds is 6. The van der Waals surface area contributed by atoms with Crippen molar-refractivity contribution in [1.82, 2.24) is 0 Å². The lowest BCUT2D eigenvalue weighted by Crippen LogP contribution is -2.47. The quantitative estimate of drug-likeness (QED) is 0.250. The molecule has 0 N–H and O–H groups in total. The van der Waals surface area contributed by atoms with Gasteiger partial charge in [-0.2, -0.15) is 0 Å². The van der Waals surface area contributed by atoms with Gasteiger partial charge in [-0.05, 0) is 40.6 Å². The van der Waals surface area contributed by atoms with Crippen molar-refractivity contribution in [3.05, 3.63) is 22.3 Å². The first-order chi connectivity index (χ1) is 9.75. The van der Waals surface area contributed by atoms with E-state index in [4.69, 9.17) is 9.96 Å². The molecular formula is C16H31N3OSi. The minimum Gasteiger partial charge on any atom is -0.546 e. The Bertz CT molecular complexity index is 403. The SMILES string of the molecule is CC(C)[Si](OC1=C[C@H](N=[N+]=[N-])[C@@H](C)CC1)(C(C)C)C(C)C. The zero-order valence-corrected chi connectivity index (χ0v) is 15.6. The van der Waals surface area contributed by atoms with Crippen LogP contribution in [-0.2, 0) is 4.43 Å². The van der Waals surface area contributed by atoms with Crippen LogP contribution in [0, 0.1) is 5.92 Å². The third kappa shape index (κ3) is 3.83. The molecule has 0 aliphatic heterocycles. The zero-order chi connectivity index (χ0) is 16.2. The monoisotopic (exact) mass is 309 g/mol. The van der Waals surface area contributed by atoms with E-state index in [0.717, 1.165) is 18.6 Å². The van der Waals surface area contributed by atoms with E-state index in [1.165, 1.54) is 0 Å². The van der Waals surface area contributed by atoms with E-state index >= 15 is 0 Å². The van der Waals surface area contributed by atoms with Crippen LogP contribution < -0.4 is 0 Å². The second kappa shape index (κ2) is 7.37. The van der Waals surface area contributed by atoms with E-state index in [9.17, 15) is 0 Å². The van der Waals surface area contributed by atoms with Gasteiger partial charge in [0.1, 0.15) is 0 Å². The van der Waals surface area contributed by atoms with Gasteiger partial charge < -0.3 is 4.43 Å². The average molecular weight is 310 g/mol. The van der Waals surface area contributed by atoms with Gasteiger partial charge in [-0.25, -0.2) is 0 Å². The van der Waals surface area contributed by atoms with E-state index < -0.39 is 8.32 Å². The van der Waals surface area contributed by atoms with Crippen molar-refractivity contribution in [3.63, 3.8) is 0 Å². The predicted molar refractivity (Wildman–Crippen MR) is 91.5 cm³/mol. The molecule has 1 aliphatic rings. The Morgan fingerprint density at radius 3 is 2.14 bits per heavy atom. The predicted octanol–water partition coefficient (Wildman–Crippen LogP) is 6.17. The van der Waals surface area contributed by atoms with Gasteiger partial charge in [0.2, 0.25) is 0 Å². The Kier molecular flexibility index (Phi) is 6.35. The third-order valence-corrected chi connectivity index (χ3v) is 11.0. The van der Waals surface area contributed by atoms with Crippen molar-refractivity contribution in [2.45, 2.75) is 84.0 Å². The van der Waals surface area contributed by atoms with E-state index in [0.29, 0.717) is 22.5 Å². The minimum atomic E-state index is -1.89. The van der Waals surface area contributed by atoms with Gasteiger partial charge in [-0.15, -0.1) is 0 Å². The Hall–Kier alpha value is -0.933. The topological polar surface area (TPSA) is 58.0 Å². The largest absolute Gasteiger partial charge is 0.546 e. The van der Waals surface area contributed by atoms with Crippen LogP contribution in [-0.4, -0.2) is 14.4 Å². The van der Waals surface area contributed by atoms with Crippen LogP contribution in [0.5, 0.6) is 0 Å².